The lowest BCUT2D eigenvalue weighted by Crippen LogP contribution is -2.24. The molecule has 1 unspecified atom stereocenters. The van der Waals surface area contributed by atoms with E-state index in [9.17, 15) is 0 Å². The SMILES string of the molecule is CCCNC(c1cc(OC)ncn1)c1cc(Cl)ccc1Cl. The average molecular weight is 326 g/mol. The molecule has 1 aromatic carbocycles. The summed E-state index contributed by atoms with van der Waals surface area (Å²) in [6, 6.07) is 7.05. The first kappa shape index (κ1) is 16.0. The van der Waals surface area contributed by atoms with E-state index in [-0.39, 0.29) is 6.04 Å². The Morgan fingerprint density at radius 3 is 2.76 bits per heavy atom. The maximum atomic E-state index is 6.32. The van der Waals surface area contributed by atoms with Crippen LogP contribution < -0.4 is 10.1 Å². The molecule has 0 radical (unpaired) electrons. The van der Waals surface area contributed by atoms with Crippen LogP contribution in [0.5, 0.6) is 5.88 Å². The first-order valence-corrected chi connectivity index (χ1v) is 7.45. The van der Waals surface area contributed by atoms with E-state index in [1.54, 1.807) is 25.3 Å². The van der Waals surface area contributed by atoms with Crippen LogP contribution in [0.3, 0.4) is 0 Å². The second-order valence-corrected chi connectivity index (χ2v) is 5.38. The standard InChI is InChI=1S/C15H17Cl2N3O/c1-3-6-18-15(11-7-10(16)4-5-12(11)17)13-8-14(21-2)20-9-19-13/h4-5,7-9,15,18H,3,6H2,1-2H3. The van der Waals surface area contributed by atoms with Gasteiger partial charge in [0, 0.05) is 16.1 Å². The van der Waals surface area contributed by atoms with Crippen LogP contribution in [0.4, 0.5) is 0 Å². The molecule has 112 valence electrons. The molecule has 2 rings (SSSR count). The van der Waals surface area contributed by atoms with Crippen molar-refractivity contribution in [1.82, 2.24) is 15.3 Å². The molecule has 0 bridgehead atoms. The van der Waals surface area contributed by atoms with E-state index in [4.69, 9.17) is 27.9 Å². The number of nitrogens with zero attached hydrogens (tertiary/aromatic N) is 2. The number of hydrogen-bond acceptors (Lipinski definition) is 4. The first-order chi connectivity index (χ1) is 10.2. The summed E-state index contributed by atoms with van der Waals surface area (Å²) in [5, 5.41) is 4.71. The van der Waals surface area contributed by atoms with Crippen LogP contribution in [-0.2, 0) is 0 Å². The van der Waals surface area contributed by atoms with Gasteiger partial charge >= 0.3 is 0 Å². The van der Waals surface area contributed by atoms with Crippen molar-refractivity contribution in [2.45, 2.75) is 19.4 Å². The van der Waals surface area contributed by atoms with Gasteiger partial charge in [0.25, 0.3) is 0 Å². The number of methoxy groups -OCH3 is 1. The summed E-state index contributed by atoms with van der Waals surface area (Å²) in [5.74, 6) is 0.515. The third kappa shape index (κ3) is 4.06. The van der Waals surface area contributed by atoms with Crippen molar-refractivity contribution in [1.29, 1.82) is 0 Å². The maximum absolute atomic E-state index is 6.32. The van der Waals surface area contributed by atoms with Crippen molar-refractivity contribution >= 4 is 23.2 Å². The summed E-state index contributed by atoms with van der Waals surface area (Å²) in [4.78, 5) is 8.37. The molecule has 0 fully saturated rings. The molecule has 0 saturated heterocycles. The zero-order valence-electron chi connectivity index (χ0n) is 11.9. The summed E-state index contributed by atoms with van der Waals surface area (Å²) in [5.41, 5.74) is 1.68. The molecule has 6 heteroatoms. The van der Waals surface area contributed by atoms with Gasteiger partial charge in [-0.15, -0.1) is 0 Å². The van der Waals surface area contributed by atoms with Crippen molar-refractivity contribution in [2.75, 3.05) is 13.7 Å². The number of benzene rings is 1. The van der Waals surface area contributed by atoms with E-state index in [1.165, 1.54) is 6.33 Å². The molecule has 1 N–H and O–H groups in total. The number of nitrogens with one attached hydrogen (secondary N) is 1. The molecular formula is C15H17Cl2N3O. The van der Waals surface area contributed by atoms with Crippen molar-refractivity contribution in [3.05, 3.63) is 51.9 Å². The van der Waals surface area contributed by atoms with E-state index in [1.807, 2.05) is 6.07 Å². The molecular weight excluding hydrogens is 309 g/mol. The molecule has 1 heterocycles. The van der Waals surface area contributed by atoms with Gasteiger partial charge in [-0.1, -0.05) is 30.1 Å². The number of halogens is 2. The topological polar surface area (TPSA) is 47.0 Å². The van der Waals surface area contributed by atoms with E-state index >= 15 is 0 Å². The largest absolute Gasteiger partial charge is 0.481 e. The highest BCUT2D eigenvalue weighted by atomic mass is 35.5. The van der Waals surface area contributed by atoms with Gasteiger partial charge in [0.1, 0.15) is 6.33 Å². The van der Waals surface area contributed by atoms with E-state index in [0.717, 1.165) is 24.2 Å². The minimum Gasteiger partial charge on any atom is -0.481 e. The van der Waals surface area contributed by atoms with Crippen molar-refractivity contribution in [2.24, 2.45) is 0 Å². The van der Waals surface area contributed by atoms with Crippen LogP contribution >= 0.6 is 23.2 Å². The normalized spacial score (nSPS) is 12.2. The summed E-state index contributed by atoms with van der Waals surface area (Å²) >= 11 is 12.4. The van der Waals surface area contributed by atoms with Crippen LogP contribution in [-0.4, -0.2) is 23.6 Å². The van der Waals surface area contributed by atoms with Crippen molar-refractivity contribution in [3.63, 3.8) is 0 Å². The number of hydrogen-bond donors (Lipinski definition) is 1. The van der Waals surface area contributed by atoms with Crippen LogP contribution in [0.2, 0.25) is 10.0 Å². The second kappa shape index (κ2) is 7.59. The fourth-order valence-corrected chi connectivity index (χ4v) is 2.43. The zero-order valence-corrected chi connectivity index (χ0v) is 13.4. The van der Waals surface area contributed by atoms with Gasteiger partial charge in [-0.3, -0.25) is 0 Å². The van der Waals surface area contributed by atoms with Crippen LogP contribution in [0.15, 0.2) is 30.6 Å². The number of rotatable bonds is 6. The Hall–Kier alpha value is -1.36. The minimum absolute atomic E-state index is 0.159. The summed E-state index contributed by atoms with van der Waals surface area (Å²) < 4.78 is 5.16. The van der Waals surface area contributed by atoms with Crippen molar-refractivity contribution in [3.8, 4) is 5.88 Å². The molecule has 2 aromatic rings. The summed E-state index contributed by atoms with van der Waals surface area (Å²) in [6.45, 7) is 2.93. The first-order valence-electron chi connectivity index (χ1n) is 6.70. The average Bonchev–Trinajstić information content (AvgIpc) is 2.51. The monoisotopic (exact) mass is 325 g/mol. The predicted molar refractivity (Wildman–Crippen MR) is 85.2 cm³/mol. The maximum Gasteiger partial charge on any atom is 0.216 e. The third-order valence-electron chi connectivity index (χ3n) is 3.04. The molecule has 0 amide bonds. The molecule has 1 aromatic heterocycles. The molecule has 0 aliphatic carbocycles. The lowest BCUT2D eigenvalue weighted by Gasteiger charge is -2.20. The smallest absolute Gasteiger partial charge is 0.216 e. The van der Waals surface area contributed by atoms with Crippen LogP contribution in [0.25, 0.3) is 0 Å². The van der Waals surface area contributed by atoms with Gasteiger partial charge in [-0.2, -0.15) is 0 Å². The zero-order chi connectivity index (χ0) is 15.2. The molecule has 0 aliphatic heterocycles. The molecule has 0 saturated carbocycles. The van der Waals surface area contributed by atoms with Crippen molar-refractivity contribution < 1.29 is 4.74 Å². The molecule has 0 spiro atoms. The Bertz CT molecular complexity index is 607. The van der Waals surface area contributed by atoms with Gasteiger partial charge in [0.2, 0.25) is 5.88 Å². The number of aromatic nitrogens is 2. The lowest BCUT2D eigenvalue weighted by atomic mass is 10.0. The van der Waals surface area contributed by atoms with E-state index in [2.05, 4.69) is 22.2 Å². The van der Waals surface area contributed by atoms with Gasteiger partial charge in [0.15, 0.2) is 0 Å². The van der Waals surface area contributed by atoms with Gasteiger partial charge in [-0.25, -0.2) is 9.97 Å². The van der Waals surface area contributed by atoms with Crippen LogP contribution in [0.1, 0.15) is 30.6 Å². The van der Waals surface area contributed by atoms with Gasteiger partial charge in [0.05, 0.1) is 18.8 Å². The molecule has 21 heavy (non-hydrogen) atoms. The Morgan fingerprint density at radius 2 is 2.05 bits per heavy atom. The van der Waals surface area contributed by atoms with Gasteiger partial charge in [-0.05, 0) is 36.7 Å². The Balaban J connectivity index is 2.44. The van der Waals surface area contributed by atoms with Gasteiger partial charge < -0.3 is 10.1 Å². The third-order valence-corrected chi connectivity index (χ3v) is 3.61. The van der Waals surface area contributed by atoms with E-state index < -0.39 is 0 Å². The number of ether oxygens (including phenoxy) is 1. The quantitative estimate of drug-likeness (QED) is 0.875. The fourth-order valence-electron chi connectivity index (χ4n) is 2.02. The highest BCUT2D eigenvalue weighted by Gasteiger charge is 2.19. The molecule has 0 aliphatic rings. The Kier molecular flexibility index (Phi) is 5.79. The minimum atomic E-state index is -0.159. The summed E-state index contributed by atoms with van der Waals surface area (Å²) in [7, 11) is 1.58. The lowest BCUT2D eigenvalue weighted by molar-refractivity contribution is 0.394. The molecule has 4 nitrogen and oxygen atoms in total. The fraction of sp³-hybridized carbons (Fsp3) is 0.333. The Labute approximate surface area is 134 Å². The second-order valence-electron chi connectivity index (χ2n) is 4.54. The highest BCUT2D eigenvalue weighted by Crippen LogP contribution is 2.30. The summed E-state index contributed by atoms with van der Waals surface area (Å²) in [6.07, 6.45) is 2.48. The molecule has 1 atom stereocenters. The Morgan fingerprint density at radius 1 is 1.24 bits per heavy atom. The predicted octanol–water partition coefficient (Wildman–Crippen LogP) is 3.88. The van der Waals surface area contributed by atoms with Crippen LogP contribution in [0, 0.1) is 0 Å². The highest BCUT2D eigenvalue weighted by molar-refractivity contribution is 6.33. The van der Waals surface area contributed by atoms with E-state index in [0.29, 0.717) is 15.9 Å².